The first-order valence-electron chi connectivity index (χ1n) is 12.1. The Hall–Kier alpha value is -3.67. The first-order valence-corrected chi connectivity index (χ1v) is 12.1. The second-order valence-electron chi connectivity index (χ2n) is 9.07. The third-order valence-electron chi connectivity index (χ3n) is 6.74. The molecule has 0 saturated carbocycles. The zero-order valence-corrected chi connectivity index (χ0v) is 21.6. The van der Waals surface area contributed by atoms with E-state index in [1.54, 1.807) is 24.8 Å². The summed E-state index contributed by atoms with van der Waals surface area (Å²) in [7, 11) is 3.48. The van der Waals surface area contributed by atoms with Crippen molar-refractivity contribution in [1.29, 1.82) is 0 Å². The fourth-order valence-corrected chi connectivity index (χ4v) is 4.72. The van der Waals surface area contributed by atoms with Gasteiger partial charge in [-0.05, 0) is 56.0 Å². The topological polar surface area (TPSA) is 60.2 Å². The predicted molar refractivity (Wildman–Crippen MR) is 141 cm³/mol. The van der Waals surface area contributed by atoms with Crippen molar-refractivity contribution in [3.05, 3.63) is 93.1 Å². The van der Waals surface area contributed by atoms with Gasteiger partial charge in [0.1, 0.15) is 11.6 Å². The maximum Gasteiger partial charge on any atom is 0.253 e. The zero-order valence-electron chi connectivity index (χ0n) is 21.6. The summed E-state index contributed by atoms with van der Waals surface area (Å²) in [4.78, 5) is 24.3. The molecule has 0 atom stereocenters. The highest BCUT2D eigenvalue weighted by molar-refractivity contribution is 5.70. The normalized spacial score (nSPS) is 14.5. The number of fused-ring (bicyclic) bond motifs is 1. The summed E-state index contributed by atoms with van der Waals surface area (Å²) < 4.78 is 7.21. The van der Waals surface area contributed by atoms with Crippen LogP contribution >= 0.6 is 0 Å². The number of hydrogen-bond donors (Lipinski definition) is 0. The van der Waals surface area contributed by atoms with Crippen LogP contribution in [0.2, 0.25) is 0 Å². The van der Waals surface area contributed by atoms with Crippen LogP contribution in [0.25, 0.3) is 16.7 Å². The second-order valence-corrected chi connectivity index (χ2v) is 9.07. The largest absolute Gasteiger partial charge is 0.496 e. The number of rotatable bonds is 6. The Morgan fingerprint density at radius 3 is 2.71 bits per heavy atom. The monoisotopic (exact) mass is 470 g/mol. The Morgan fingerprint density at radius 2 is 1.97 bits per heavy atom. The lowest BCUT2D eigenvalue weighted by Gasteiger charge is -2.33. The van der Waals surface area contributed by atoms with E-state index in [4.69, 9.17) is 9.72 Å². The van der Waals surface area contributed by atoms with Gasteiger partial charge < -0.3 is 9.64 Å². The molecule has 0 unspecified atom stereocenters. The van der Waals surface area contributed by atoms with E-state index in [0.717, 1.165) is 65.3 Å². The standard InChI is InChI=1S/C29H34N4O2/c1-7-10-26(20(3)21(4)29-31-19(2)15-28(34)32(29)5)33-14-13-25-23(18-33)16-22(17-30-25)24-11-8-9-12-27(24)35-6/h8-12,15-17H,7,13-14,18H2,1-6H3/b21-20-,26-10-. The minimum absolute atomic E-state index is 0.0393. The molecule has 0 aliphatic carbocycles. The maximum absolute atomic E-state index is 12.4. The number of methoxy groups -OCH3 is 1. The lowest BCUT2D eigenvalue weighted by atomic mass is 9.97. The Labute approximate surface area is 207 Å². The van der Waals surface area contributed by atoms with Gasteiger partial charge >= 0.3 is 0 Å². The van der Waals surface area contributed by atoms with Crippen molar-refractivity contribution >= 4 is 5.57 Å². The molecule has 0 bridgehead atoms. The van der Waals surface area contributed by atoms with E-state index in [-0.39, 0.29) is 5.56 Å². The molecule has 3 aromatic rings. The molecule has 0 saturated heterocycles. The van der Waals surface area contributed by atoms with E-state index >= 15 is 0 Å². The predicted octanol–water partition coefficient (Wildman–Crippen LogP) is 5.30. The third kappa shape index (κ3) is 4.92. The van der Waals surface area contributed by atoms with Crippen LogP contribution in [0.15, 0.2) is 64.7 Å². The Kier molecular flexibility index (Phi) is 7.20. The Morgan fingerprint density at radius 1 is 1.20 bits per heavy atom. The number of benzene rings is 1. The van der Waals surface area contributed by atoms with Crippen LogP contribution in [-0.2, 0) is 20.0 Å². The van der Waals surface area contributed by atoms with E-state index < -0.39 is 0 Å². The summed E-state index contributed by atoms with van der Waals surface area (Å²) >= 11 is 0. The third-order valence-corrected chi connectivity index (χ3v) is 6.74. The van der Waals surface area contributed by atoms with E-state index in [0.29, 0.717) is 5.82 Å². The van der Waals surface area contributed by atoms with E-state index in [1.807, 2.05) is 31.3 Å². The summed E-state index contributed by atoms with van der Waals surface area (Å²) in [6.07, 6.45) is 6.03. The lowest BCUT2D eigenvalue weighted by molar-refractivity contribution is 0.324. The summed E-state index contributed by atoms with van der Waals surface area (Å²) in [5.74, 6) is 1.56. The van der Waals surface area contributed by atoms with Crippen molar-refractivity contribution in [2.75, 3.05) is 13.7 Å². The smallest absolute Gasteiger partial charge is 0.253 e. The summed E-state index contributed by atoms with van der Waals surface area (Å²) in [5, 5.41) is 0. The maximum atomic E-state index is 12.4. The molecule has 1 aromatic carbocycles. The van der Waals surface area contributed by atoms with Gasteiger partial charge in [0.15, 0.2) is 0 Å². The molecule has 0 fully saturated rings. The number of para-hydroxylation sites is 1. The molecule has 0 radical (unpaired) electrons. The molecule has 0 N–H and O–H groups in total. The van der Waals surface area contributed by atoms with E-state index in [2.05, 4.69) is 48.9 Å². The molecule has 6 heteroatoms. The average Bonchev–Trinajstić information content (AvgIpc) is 2.87. The van der Waals surface area contributed by atoms with Gasteiger partial charge in [0.2, 0.25) is 0 Å². The van der Waals surface area contributed by atoms with Gasteiger partial charge in [0, 0.05) is 67.0 Å². The van der Waals surface area contributed by atoms with Crippen LogP contribution < -0.4 is 10.3 Å². The average molecular weight is 471 g/mol. The highest BCUT2D eigenvalue weighted by Gasteiger charge is 2.22. The van der Waals surface area contributed by atoms with Crippen LogP contribution in [0.4, 0.5) is 0 Å². The van der Waals surface area contributed by atoms with Crippen LogP contribution in [0.1, 0.15) is 50.0 Å². The van der Waals surface area contributed by atoms with Crippen LogP contribution in [0, 0.1) is 6.92 Å². The minimum atomic E-state index is -0.0393. The number of nitrogens with zero attached hydrogens (tertiary/aromatic N) is 4. The lowest BCUT2D eigenvalue weighted by Crippen LogP contribution is -2.31. The van der Waals surface area contributed by atoms with Crippen molar-refractivity contribution in [2.24, 2.45) is 7.05 Å². The highest BCUT2D eigenvalue weighted by atomic mass is 16.5. The quantitative estimate of drug-likeness (QED) is 0.457. The van der Waals surface area contributed by atoms with E-state index in [1.165, 1.54) is 11.3 Å². The van der Waals surface area contributed by atoms with Crippen molar-refractivity contribution in [2.45, 2.75) is 47.1 Å². The summed E-state index contributed by atoms with van der Waals surface area (Å²) in [6, 6.07) is 11.9. The first-order chi connectivity index (χ1) is 16.8. The van der Waals surface area contributed by atoms with Crippen LogP contribution in [0.5, 0.6) is 5.75 Å². The van der Waals surface area contributed by atoms with Crippen LogP contribution in [0.3, 0.4) is 0 Å². The van der Waals surface area contributed by atoms with Crippen molar-refractivity contribution < 1.29 is 4.74 Å². The molecule has 4 rings (SSSR count). The van der Waals surface area contributed by atoms with Gasteiger partial charge in [-0.2, -0.15) is 0 Å². The molecule has 1 aliphatic rings. The number of ether oxygens (including phenoxy) is 1. The van der Waals surface area contributed by atoms with Gasteiger partial charge in [0.25, 0.3) is 5.56 Å². The molecular weight excluding hydrogens is 436 g/mol. The summed E-state index contributed by atoms with van der Waals surface area (Å²) in [6.45, 7) is 9.88. The number of hydrogen-bond acceptors (Lipinski definition) is 5. The fourth-order valence-electron chi connectivity index (χ4n) is 4.72. The number of aryl methyl sites for hydroxylation is 1. The minimum Gasteiger partial charge on any atom is -0.496 e. The molecule has 0 amide bonds. The Bertz CT molecular complexity index is 1370. The highest BCUT2D eigenvalue weighted by Crippen LogP contribution is 2.33. The van der Waals surface area contributed by atoms with Gasteiger partial charge in [-0.25, -0.2) is 4.98 Å². The summed E-state index contributed by atoms with van der Waals surface area (Å²) in [5.41, 5.74) is 8.52. The Balaban J connectivity index is 1.71. The van der Waals surface area contributed by atoms with Crippen molar-refractivity contribution in [1.82, 2.24) is 19.4 Å². The molecule has 35 heavy (non-hydrogen) atoms. The molecule has 3 heterocycles. The molecular formula is C29H34N4O2. The van der Waals surface area contributed by atoms with E-state index in [9.17, 15) is 4.79 Å². The van der Waals surface area contributed by atoms with Gasteiger partial charge in [-0.15, -0.1) is 0 Å². The number of allylic oxidation sites excluding steroid dienone is 3. The molecule has 0 spiro atoms. The molecule has 2 aromatic heterocycles. The van der Waals surface area contributed by atoms with Gasteiger partial charge in [0.05, 0.1) is 7.11 Å². The molecule has 1 aliphatic heterocycles. The van der Waals surface area contributed by atoms with Gasteiger partial charge in [-0.3, -0.25) is 14.3 Å². The van der Waals surface area contributed by atoms with Crippen LogP contribution in [-0.4, -0.2) is 33.1 Å². The zero-order chi connectivity index (χ0) is 25.1. The first kappa shape index (κ1) is 24.5. The van der Waals surface area contributed by atoms with Gasteiger partial charge in [-0.1, -0.05) is 31.2 Å². The second kappa shape index (κ2) is 10.3. The van der Waals surface area contributed by atoms with Crippen molar-refractivity contribution in [3.8, 4) is 16.9 Å². The number of pyridine rings is 1. The molecule has 6 nitrogen and oxygen atoms in total. The fraction of sp³-hybridized carbons (Fsp3) is 0.345. The molecule has 182 valence electrons. The van der Waals surface area contributed by atoms with Crippen molar-refractivity contribution in [3.63, 3.8) is 0 Å². The number of aromatic nitrogens is 3. The SMILES string of the molecule is CC/C=C(/C(C)=C(/C)c1nc(C)cc(=O)n1C)N1CCc2ncc(-c3ccccc3OC)cc2C1.